The molecule has 2 saturated heterocycles. The maximum absolute atomic E-state index is 13.8. The molecule has 0 bridgehead atoms. The number of ether oxygens (including phenoxy) is 1. The van der Waals surface area contributed by atoms with Crippen molar-refractivity contribution in [2.75, 3.05) is 46.9 Å². The second-order valence-electron chi connectivity index (χ2n) is 10.1. The molecule has 2 aromatic carbocycles. The summed E-state index contributed by atoms with van der Waals surface area (Å²) in [6.07, 6.45) is 0.896. The number of aryl methyl sites for hydroxylation is 2. The van der Waals surface area contributed by atoms with Crippen molar-refractivity contribution in [2.45, 2.75) is 38.5 Å². The topological polar surface area (TPSA) is 82.2 Å². The van der Waals surface area contributed by atoms with Gasteiger partial charge in [0.1, 0.15) is 11.8 Å². The van der Waals surface area contributed by atoms with Crippen molar-refractivity contribution in [1.82, 2.24) is 20.0 Å². The van der Waals surface area contributed by atoms with Gasteiger partial charge in [-0.25, -0.2) is 0 Å². The van der Waals surface area contributed by atoms with Crippen LogP contribution in [0.25, 0.3) is 0 Å². The van der Waals surface area contributed by atoms with Crippen LogP contribution in [-0.2, 0) is 9.53 Å². The number of nitrogens with zero attached hydrogens (tertiary/aromatic N) is 3. The van der Waals surface area contributed by atoms with Gasteiger partial charge in [0.05, 0.1) is 6.61 Å². The summed E-state index contributed by atoms with van der Waals surface area (Å²) >= 11 is 0. The largest absolute Gasteiger partial charge is 0.353 e. The zero-order chi connectivity index (χ0) is 25.9. The van der Waals surface area contributed by atoms with Gasteiger partial charge < -0.3 is 19.9 Å². The van der Waals surface area contributed by atoms with Crippen molar-refractivity contribution in [3.8, 4) is 0 Å². The van der Waals surface area contributed by atoms with E-state index in [-0.39, 0.29) is 24.3 Å². The van der Waals surface area contributed by atoms with Crippen molar-refractivity contribution in [1.29, 1.82) is 0 Å². The number of likely N-dealkylation sites (tertiary alicyclic amines) is 1. The minimum Gasteiger partial charge on any atom is -0.353 e. The first-order valence-corrected chi connectivity index (χ1v) is 12.5. The number of carbonyl (C=O) groups is 3. The summed E-state index contributed by atoms with van der Waals surface area (Å²) in [5, 5.41) is 2.96. The van der Waals surface area contributed by atoms with Gasteiger partial charge in [0.15, 0.2) is 0 Å². The van der Waals surface area contributed by atoms with Gasteiger partial charge in [-0.3, -0.25) is 19.3 Å². The number of nitrogens with one attached hydrogen (secondary N) is 1. The van der Waals surface area contributed by atoms with E-state index in [0.717, 1.165) is 11.1 Å². The van der Waals surface area contributed by atoms with E-state index in [1.165, 1.54) is 0 Å². The first kappa shape index (κ1) is 25.9. The molecule has 1 N–H and O–H groups in total. The Morgan fingerprint density at radius 3 is 2.11 bits per heavy atom. The maximum atomic E-state index is 13.8. The van der Waals surface area contributed by atoms with E-state index in [4.69, 9.17) is 4.74 Å². The standard InChI is InChI=1S/C28H36N4O4/c1-20-7-5-9-22(17-20)26(34)31-14-11-28(12-15-31)32(27(35)23-10-6-8-21(2)18-23)24(19-36-28)25(33)29-13-16-30(3)4/h5-10,17-18,24H,11-16,19H2,1-4H3,(H,29,33). The third-order valence-corrected chi connectivity index (χ3v) is 7.00. The van der Waals surface area contributed by atoms with Crippen molar-refractivity contribution in [3.05, 3.63) is 70.8 Å². The van der Waals surface area contributed by atoms with Gasteiger partial charge in [-0.1, -0.05) is 35.4 Å². The molecule has 192 valence electrons. The van der Waals surface area contributed by atoms with Gasteiger partial charge in [-0.15, -0.1) is 0 Å². The highest BCUT2D eigenvalue weighted by molar-refractivity contribution is 5.99. The van der Waals surface area contributed by atoms with Crippen LogP contribution in [0.4, 0.5) is 0 Å². The molecular weight excluding hydrogens is 456 g/mol. The fourth-order valence-electron chi connectivity index (χ4n) is 5.02. The molecule has 3 amide bonds. The summed E-state index contributed by atoms with van der Waals surface area (Å²) in [5.41, 5.74) is 2.27. The van der Waals surface area contributed by atoms with Gasteiger partial charge in [-0.2, -0.15) is 0 Å². The molecule has 0 radical (unpaired) electrons. The van der Waals surface area contributed by atoms with E-state index in [1.807, 2.05) is 80.2 Å². The SMILES string of the molecule is Cc1cccc(C(=O)N2CCC3(CC2)OCC(C(=O)NCCN(C)C)N3C(=O)c2cccc(C)c2)c1. The predicted octanol–water partition coefficient (Wildman–Crippen LogP) is 2.45. The lowest BCUT2D eigenvalue weighted by molar-refractivity contribution is -0.128. The molecule has 8 heteroatoms. The zero-order valence-electron chi connectivity index (χ0n) is 21.6. The molecule has 1 spiro atoms. The minimum atomic E-state index is -0.923. The summed E-state index contributed by atoms with van der Waals surface area (Å²) in [6, 6.07) is 14.2. The summed E-state index contributed by atoms with van der Waals surface area (Å²) in [7, 11) is 3.89. The molecule has 2 fully saturated rings. The van der Waals surface area contributed by atoms with Crippen LogP contribution in [0.15, 0.2) is 48.5 Å². The van der Waals surface area contributed by atoms with Gasteiger partial charge in [0, 0.05) is 50.1 Å². The lowest BCUT2D eigenvalue weighted by Gasteiger charge is -2.44. The van der Waals surface area contributed by atoms with Gasteiger partial charge >= 0.3 is 0 Å². The van der Waals surface area contributed by atoms with E-state index in [0.29, 0.717) is 50.1 Å². The number of hydrogen-bond donors (Lipinski definition) is 1. The summed E-state index contributed by atoms with van der Waals surface area (Å²) in [6.45, 7) is 6.11. The highest BCUT2D eigenvalue weighted by Crippen LogP contribution is 2.39. The normalized spacial score (nSPS) is 19.1. The molecule has 2 aromatic rings. The van der Waals surface area contributed by atoms with Crippen LogP contribution in [0.5, 0.6) is 0 Å². The summed E-state index contributed by atoms with van der Waals surface area (Å²) in [5.74, 6) is -0.462. The van der Waals surface area contributed by atoms with Crippen molar-refractivity contribution in [3.63, 3.8) is 0 Å². The molecule has 1 unspecified atom stereocenters. The average molecular weight is 493 g/mol. The number of carbonyl (C=O) groups excluding carboxylic acids is 3. The van der Waals surface area contributed by atoms with Crippen molar-refractivity contribution >= 4 is 17.7 Å². The summed E-state index contributed by atoms with van der Waals surface area (Å²) in [4.78, 5) is 45.6. The Bertz CT molecular complexity index is 1120. The number of hydrogen-bond acceptors (Lipinski definition) is 5. The minimum absolute atomic E-state index is 0.0268. The van der Waals surface area contributed by atoms with Crippen molar-refractivity contribution in [2.24, 2.45) is 0 Å². The highest BCUT2D eigenvalue weighted by atomic mass is 16.5. The number of likely N-dealkylation sites (N-methyl/N-ethyl adjacent to an activating group) is 1. The van der Waals surface area contributed by atoms with Crippen LogP contribution in [0.1, 0.15) is 44.7 Å². The molecule has 36 heavy (non-hydrogen) atoms. The first-order valence-electron chi connectivity index (χ1n) is 12.5. The Labute approximate surface area is 213 Å². The Morgan fingerprint density at radius 2 is 1.56 bits per heavy atom. The van der Waals surface area contributed by atoms with Crippen LogP contribution in [0.2, 0.25) is 0 Å². The Hall–Kier alpha value is -3.23. The molecule has 2 aliphatic heterocycles. The van der Waals surface area contributed by atoms with Crippen molar-refractivity contribution < 1.29 is 19.1 Å². The molecule has 0 saturated carbocycles. The Morgan fingerprint density at radius 1 is 0.972 bits per heavy atom. The van der Waals surface area contributed by atoms with E-state index in [1.54, 1.807) is 11.0 Å². The number of rotatable bonds is 6. The fraction of sp³-hybridized carbons (Fsp3) is 0.464. The lowest BCUT2D eigenvalue weighted by atomic mass is 9.95. The molecule has 4 rings (SSSR count). The quantitative estimate of drug-likeness (QED) is 0.670. The van der Waals surface area contributed by atoms with Gasteiger partial charge in [0.25, 0.3) is 11.8 Å². The van der Waals surface area contributed by atoms with Crippen LogP contribution in [0.3, 0.4) is 0 Å². The monoisotopic (exact) mass is 492 g/mol. The number of piperidine rings is 1. The maximum Gasteiger partial charge on any atom is 0.256 e. The summed E-state index contributed by atoms with van der Waals surface area (Å²) < 4.78 is 6.28. The van der Waals surface area contributed by atoms with Gasteiger partial charge in [-0.05, 0) is 52.2 Å². The van der Waals surface area contributed by atoms with E-state index in [9.17, 15) is 14.4 Å². The van der Waals surface area contributed by atoms with E-state index in [2.05, 4.69) is 5.32 Å². The smallest absolute Gasteiger partial charge is 0.256 e. The van der Waals surface area contributed by atoms with E-state index < -0.39 is 11.8 Å². The molecule has 0 aliphatic carbocycles. The second-order valence-corrected chi connectivity index (χ2v) is 10.1. The fourth-order valence-corrected chi connectivity index (χ4v) is 5.02. The molecule has 2 aliphatic rings. The van der Waals surface area contributed by atoms with Crippen LogP contribution >= 0.6 is 0 Å². The second kappa shape index (κ2) is 10.8. The predicted molar refractivity (Wildman–Crippen MR) is 138 cm³/mol. The van der Waals surface area contributed by atoms with Crippen LogP contribution in [-0.4, -0.2) is 91.1 Å². The zero-order valence-corrected chi connectivity index (χ0v) is 21.6. The molecule has 1 atom stereocenters. The molecule has 2 heterocycles. The Balaban J connectivity index is 1.55. The lowest BCUT2D eigenvalue weighted by Crippen LogP contribution is -2.60. The first-order chi connectivity index (χ1) is 17.2. The molecular formula is C28H36N4O4. The van der Waals surface area contributed by atoms with Gasteiger partial charge in [0.2, 0.25) is 5.91 Å². The van der Waals surface area contributed by atoms with Crippen LogP contribution < -0.4 is 5.32 Å². The molecule has 8 nitrogen and oxygen atoms in total. The number of benzene rings is 2. The Kier molecular flexibility index (Phi) is 7.76. The molecule has 0 aromatic heterocycles. The average Bonchev–Trinajstić information content (AvgIpc) is 3.22. The van der Waals surface area contributed by atoms with E-state index >= 15 is 0 Å². The number of amides is 3. The third-order valence-electron chi connectivity index (χ3n) is 7.00. The van der Waals surface area contributed by atoms with Crippen LogP contribution in [0, 0.1) is 13.8 Å². The highest BCUT2D eigenvalue weighted by Gasteiger charge is 2.54. The third kappa shape index (κ3) is 5.44.